The van der Waals surface area contributed by atoms with Crippen molar-refractivity contribution in [2.75, 3.05) is 5.43 Å². The highest BCUT2D eigenvalue weighted by Crippen LogP contribution is 2.29. The van der Waals surface area contributed by atoms with E-state index in [4.69, 9.17) is 5.84 Å². The summed E-state index contributed by atoms with van der Waals surface area (Å²) in [5, 5.41) is 9.54. The molecular weight excluding hydrogens is 260 g/mol. The number of nitrogens with two attached hydrogens (primary N) is 1. The van der Waals surface area contributed by atoms with Crippen molar-refractivity contribution in [3.05, 3.63) is 24.2 Å². The molecule has 2 aromatic heterocycles. The van der Waals surface area contributed by atoms with Gasteiger partial charge < -0.3 is 9.99 Å². The van der Waals surface area contributed by atoms with Crippen LogP contribution in [0.2, 0.25) is 0 Å². The maximum absolute atomic E-state index is 5.37. The van der Waals surface area contributed by atoms with Crippen molar-refractivity contribution in [2.45, 2.75) is 42.3 Å². The van der Waals surface area contributed by atoms with Crippen molar-refractivity contribution in [3.8, 4) is 0 Å². The van der Waals surface area contributed by atoms with E-state index in [9.17, 15) is 0 Å². The number of nitrogen functional groups attached to an aromatic ring is 1. The zero-order chi connectivity index (χ0) is 13.1. The maximum Gasteiger partial charge on any atom is 0.196 e. The Labute approximate surface area is 115 Å². The molecule has 0 atom stereocenters. The van der Waals surface area contributed by atoms with E-state index in [1.807, 2.05) is 12.1 Å². The third kappa shape index (κ3) is 2.71. The van der Waals surface area contributed by atoms with Crippen LogP contribution in [0.5, 0.6) is 0 Å². The van der Waals surface area contributed by atoms with Gasteiger partial charge in [0.15, 0.2) is 5.16 Å². The highest BCUT2D eigenvalue weighted by atomic mass is 32.2. The molecule has 7 heteroatoms. The molecule has 3 heterocycles. The topological polar surface area (TPSA) is 81.6 Å². The molecule has 0 fully saturated rings. The first-order valence-corrected chi connectivity index (χ1v) is 7.21. The highest BCUT2D eigenvalue weighted by Gasteiger charge is 2.15. The fourth-order valence-electron chi connectivity index (χ4n) is 2.19. The summed E-state index contributed by atoms with van der Waals surface area (Å²) in [6.45, 7) is 1.01. The minimum atomic E-state index is 0.653. The van der Waals surface area contributed by atoms with Gasteiger partial charge in [0.2, 0.25) is 0 Å². The molecule has 0 saturated carbocycles. The van der Waals surface area contributed by atoms with E-state index in [1.54, 1.807) is 18.0 Å². The number of hydrogen-bond acceptors (Lipinski definition) is 6. The highest BCUT2D eigenvalue weighted by molar-refractivity contribution is 7.99. The summed E-state index contributed by atoms with van der Waals surface area (Å²) in [7, 11) is 0. The summed E-state index contributed by atoms with van der Waals surface area (Å²) < 4.78 is 2.23. The number of hydrazine groups is 1. The van der Waals surface area contributed by atoms with E-state index >= 15 is 0 Å². The Morgan fingerprint density at radius 2 is 2.21 bits per heavy atom. The van der Waals surface area contributed by atoms with Gasteiger partial charge in [-0.1, -0.05) is 6.42 Å². The molecule has 2 aromatic rings. The molecule has 1 aliphatic heterocycles. The van der Waals surface area contributed by atoms with Gasteiger partial charge in [-0.15, -0.1) is 10.2 Å². The number of aryl methyl sites for hydroxylation is 1. The van der Waals surface area contributed by atoms with E-state index < -0.39 is 0 Å². The second-order valence-corrected chi connectivity index (χ2v) is 5.52. The fourth-order valence-corrected chi connectivity index (χ4v) is 3.09. The summed E-state index contributed by atoms with van der Waals surface area (Å²) in [5.74, 6) is 7.12. The van der Waals surface area contributed by atoms with Crippen LogP contribution >= 0.6 is 11.8 Å². The smallest absolute Gasteiger partial charge is 0.196 e. The number of nitrogens with one attached hydrogen (secondary N) is 1. The summed E-state index contributed by atoms with van der Waals surface area (Å²) >= 11 is 1.60. The number of rotatable bonds is 3. The number of aromatic nitrogens is 4. The lowest BCUT2D eigenvalue weighted by atomic mass is 10.2. The van der Waals surface area contributed by atoms with Crippen LogP contribution in [0.1, 0.15) is 25.1 Å². The maximum atomic E-state index is 5.37. The van der Waals surface area contributed by atoms with E-state index in [1.165, 1.54) is 19.3 Å². The van der Waals surface area contributed by atoms with Gasteiger partial charge in [0, 0.05) is 24.1 Å². The zero-order valence-corrected chi connectivity index (χ0v) is 11.4. The fraction of sp³-hybridized carbons (Fsp3) is 0.417. The van der Waals surface area contributed by atoms with Crippen LogP contribution in [0.4, 0.5) is 5.82 Å². The van der Waals surface area contributed by atoms with Gasteiger partial charge in [0.25, 0.3) is 0 Å². The van der Waals surface area contributed by atoms with E-state index in [-0.39, 0.29) is 0 Å². The first-order chi connectivity index (χ1) is 9.36. The molecule has 0 aliphatic carbocycles. The lowest BCUT2D eigenvalue weighted by Crippen LogP contribution is -2.08. The lowest BCUT2D eigenvalue weighted by molar-refractivity contribution is 0.591. The van der Waals surface area contributed by atoms with Crippen molar-refractivity contribution < 1.29 is 0 Å². The molecular formula is C12H16N6S. The molecule has 0 spiro atoms. The van der Waals surface area contributed by atoms with Gasteiger partial charge in [-0.3, -0.25) is 0 Å². The summed E-state index contributed by atoms with van der Waals surface area (Å²) in [6.07, 6.45) is 6.44. The predicted molar refractivity (Wildman–Crippen MR) is 73.7 cm³/mol. The Morgan fingerprint density at radius 3 is 3.11 bits per heavy atom. The molecule has 3 rings (SSSR count). The molecule has 0 bridgehead atoms. The number of nitrogens with zero attached hydrogens (tertiary/aromatic N) is 4. The Morgan fingerprint density at radius 1 is 1.26 bits per heavy atom. The molecule has 1 aliphatic rings. The Kier molecular flexibility index (Phi) is 3.65. The molecule has 19 heavy (non-hydrogen) atoms. The molecule has 0 amide bonds. The SMILES string of the molecule is NNc1cc(Sc2nnc3n2CCCCC3)ccn1. The monoisotopic (exact) mass is 276 g/mol. The average molecular weight is 276 g/mol. The average Bonchev–Trinajstić information content (AvgIpc) is 2.68. The zero-order valence-electron chi connectivity index (χ0n) is 10.5. The molecule has 0 aromatic carbocycles. The molecule has 0 unspecified atom stereocenters. The van der Waals surface area contributed by atoms with Crippen LogP contribution in [-0.2, 0) is 13.0 Å². The number of anilines is 1. The molecule has 0 saturated heterocycles. The van der Waals surface area contributed by atoms with E-state index in [0.29, 0.717) is 5.82 Å². The van der Waals surface area contributed by atoms with Crippen LogP contribution in [0, 0.1) is 0 Å². The Hall–Kier alpha value is -1.60. The number of fused-ring (bicyclic) bond motifs is 1. The van der Waals surface area contributed by atoms with Crippen LogP contribution in [0.15, 0.2) is 28.4 Å². The second-order valence-electron chi connectivity index (χ2n) is 4.48. The van der Waals surface area contributed by atoms with Crippen molar-refractivity contribution in [2.24, 2.45) is 5.84 Å². The lowest BCUT2D eigenvalue weighted by Gasteiger charge is -2.06. The van der Waals surface area contributed by atoms with Gasteiger partial charge in [-0.25, -0.2) is 10.8 Å². The minimum Gasteiger partial charge on any atom is -0.308 e. The largest absolute Gasteiger partial charge is 0.308 e. The Balaban J connectivity index is 1.84. The van der Waals surface area contributed by atoms with Gasteiger partial charge in [0.1, 0.15) is 11.6 Å². The van der Waals surface area contributed by atoms with Gasteiger partial charge in [0.05, 0.1) is 0 Å². The predicted octanol–water partition coefficient (Wildman–Crippen LogP) is 1.84. The second kappa shape index (κ2) is 5.58. The van der Waals surface area contributed by atoms with Crippen molar-refractivity contribution in [1.29, 1.82) is 0 Å². The van der Waals surface area contributed by atoms with Gasteiger partial charge in [-0.2, -0.15) is 0 Å². The third-order valence-electron chi connectivity index (χ3n) is 3.16. The summed E-state index contributed by atoms with van der Waals surface area (Å²) in [5.41, 5.74) is 2.55. The van der Waals surface area contributed by atoms with Crippen molar-refractivity contribution in [1.82, 2.24) is 19.7 Å². The number of hydrogen-bond donors (Lipinski definition) is 2. The molecule has 0 radical (unpaired) electrons. The first-order valence-electron chi connectivity index (χ1n) is 6.39. The van der Waals surface area contributed by atoms with Crippen LogP contribution in [-0.4, -0.2) is 19.7 Å². The van der Waals surface area contributed by atoms with E-state index in [0.717, 1.165) is 28.8 Å². The van der Waals surface area contributed by atoms with E-state index in [2.05, 4.69) is 25.2 Å². The molecule has 100 valence electrons. The van der Waals surface area contributed by atoms with Crippen molar-refractivity contribution in [3.63, 3.8) is 0 Å². The van der Waals surface area contributed by atoms with Gasteiger partial charge >= 0.3 is 0 Å². The minimum absolute atomic E-state index is 0.653. The Bertz CT molecular complexity index is 567. The normalized spacial score (nSPS) is 14.8. The number of pyridine rings is 1. The first kappa shape index (κ1) is 12.4. The molecule has 6 nitrogen and oxygen atoms in total. The summed E-state index contributed by atoms with van der Waals surface area (Å²) in [4.78, 5) is 5.16. The van der Waals surface area contributed by atoms with Crippen LogP contribution < -0.4 is 11.3 Å². The quantitative estimate of drug-likeness (QED) is 0.657. The van der Waals surface area contributed by atoms with Crippen LogP contribution in [0.25, 0.3) is 0 Å². The third-order valence-corrected chi connectivity index (χ3v) is 4.14. The molecule has 3 N–H and O–H groups in total. The van der Waals surface area contributed by atoms with Crippen molar-refractivity contribution >= 4 is 17.6 Å². The van der Waals surface area contributed by atoms with Crippen LogP contribution in [0.3, 0.4) is 0 Å². The summed E-state index contributed by atoms with van der Waals surface area (Å²) in [6, 6.07) is 3.85. The van der Waals surface area contributed by atoms with Gasteiger partial charge in [-0.05, 0) is 36.7 Å². The standard InChI is InChI=1S/C12H16N6S/c13-15-10-8-9(5-6-14-10)19-12-17-16-11-4-2-1-3-7-18(11)12/h5-6,8H,1-4,7,13H2,(H,14,15).